The molecular formula is C28H35FN4O5. The third-order valence-corrected chi connectivity index (χ3v) is 6.22. The SMILES string of the molecule is Cc1ccccc1.NC(=O)CC(C=O)C(=O)C(NC(=O)CCNC(=O)c1cccc(F)n1)C1CCCCC1. The van der Waals surface area contributed by atoms with Crippen molar-refractivity contribution in [3.05, 3.63) is 65.7 Å². The third kappa shape index (κ3) is 10.6. The maximum absolute atomic E-state index is 13.1. The van der Waals surface area contributed by atoms with Gasteiger partial charge in [0.2, 0.25) is 17.8 Å². The van der Waals surface area contributed by atoms with Crippen LogP contribution in [0.4, 0.5) is 4.39 Å². The van der Waals surface area contributed by atoms with Gasteiger partial charge in [-0.2, -0.15) is 4.39 Å². The van der Waals surface area contributed by atoms with Crippen LogP contribution in [0.15, 0.2) is 48.5 Å². The molecule has 1 aliphatic rings. The molecule has 0 spiro atoms. The van der Waals surface area contributed by atoms with Crippen LogP contribution in [0.3, 0.4) is 0 Å². The summed E-state index contributed by atoms with van der Waals surface area (Å²) in [6.45, 7) is 2.03. The van der Waals surface area contributed by atoms with Gasteiger partial charge in [-0.3, -0.25) is 19.2 Å². The van der Waals surface area contributed by atoms with Crippen molar-refractivity contribution >= 4 is 29.8 Å². The lowest BCUT2D eigenvalue weighted by Gasteiger charge is -2.31. The average Bonchev–Trinajstić information content (AvgIpc) is 2.91. The molecule has 1 heterocycles. The van der Waals surface area contributed by atoms with Crippen molar-refractivity contribution < 1.29 is 28.4 Å². The molecular weight excluding hydrogens is 491 g/mol. The van der Waals surface area contributed by atoms with Crippen LogP contribution in [0.2, 0.25) is 0 Å². The van der Waals surface area contributed by atoms with Gasteiger partial charge in [-0.15, -0.1) is 0 Å². The smallest absolute Gasteiger partial charge is 0.270 e. The van der Waals surface area contributed by atoms with Crippen molar-refractivity contribution in [2.24, 2.45) is 17.6 Å². The average molecular weight is 527 g/mol. The Kier molecular flexibility index (Phi) is 12.8. The number of aryl methyl sites for hydroxylation is 1. The number of halogens is 1. The van der Waals surface area contributed by atoms with Gasteiger partial charge in [0.05, 0.1) is 12.0 Å². The van der Waals surface area contributed by atoms with Crippen molar-refractivity contribution in [3.8, 4) is 0 Å². The number of benzene rings is 1. The summed E-state index contributed by atoms with van der Waals surface area (Å²) >= 11 is 0. The molecule has 9 nitrogen and oxygen atoms in total. The molecule has 2 aromatic rings. The number of carbonyl (C=O) groups excluding carboxylic acids is 5. The summed E-state index contributed by atoms with van der Waals surface area (Å²) in [6, 6.07) is 13.2. The molecule has 38 heavy (non-hydrogen) atoms. The number of nitrogens with one attached hydrogen (secondary N) is 2. The minimum atomic E-state index is -1.21. The number of carbonyl (C=O) groups is 5. The molecule has 3 amide bonds. The minimum absolute atomic E-state index is 0.0488. The summed E-state index contributed by atoms with van der Waals surface area (Å²) in [4.78, 5) is 63.3. The van der Waals surface area contributed by atoms with E-state index >= 15 is 0 Å². The highest BCUT2D eigenvalue weighted by Gasteiger charge is 2.35. The van der Waals surface area contributed by atoms with Crippen LogP contribution >= 0.6 is 0 Å². The molecule has 204 valence electrons. The van der Waals surface area contributed by atoms with Crippen molar-refractivity contribution in [2.45, 2.75) is 57.9 Å². The highest BCUT2D eigenvalue weighted by atomic mass is 19.1. The van der Waals surface area contributed by atoms with E-state index in [4.69, 9.17) is 5.73 Å². The Balaban J connectivity index is 0.000000624. The summed E-state index contributed by atoms with van der Waals surface area (Å²) in [5, 5.41) is 5.14. The van der Waals surface area contributed by atoms with Crippen LogP contribution in [0.1, 0.15) is 61.0 Å². The molecule has 1 saturated carbocycles. The highest BCUT2D eigenvalue weighted by Crippen LogP contribution is 2.28. The van der Waals surface area contributed by atoms with Gasteiger partial charge in [-0.25, -0.2) is 4.98 Å². The van der Waals surface area contributed by atoms with Gasteiger partial charge in [0.15, 0.2) is 5.78 Å². The highest BCUT2D eigenvalue weighted by molar-refractivity contribution is 6.01. The molecule has 0 radical (unpaired) electrons. The second kappa shape index (κ2) is 16.0. The predicted octanol–water partition coefficient (Wildman–Crippen LogP) is 2.66. The maximum Gasteiger partial charge on any atom is 0.270 e. The second-order valence-electron chi connectivity index (χ2n) is 9.26. The zero-order chi connectivity index (χ0) is 27.9. The maximum atomic E-state index is 13.1. The molecule has 1 fully saturated rings. The summed E-state index contributed by atoms with van der Waals surface area (Å²) in [7, 11) is 0. The van der Waals surface area contributed by atoms with E-state index in [0.29, 0.717) is 6.29 Å². The molecule has 4 N–H and O–H groups in total. The van der Waals surface area contributed by atoms with Crippen LogP contribution in [0, 0.1) is 24.7 Å². The monoisotopic (exact) mass is 526 g/mol. The molecule has 0 bridgehead atoms. The van der Waals surface area contributed by atoms with E-state index in [0.717, 1.165) is 38.2 Å². The van der Waals surface area contributed by atoms with E-state index in [-0.39, 0.29) is 24.6 Å². The first kappa shape index (κ1) is 30.3. The van der Waals surface area contributed by atoms with E-state index < -0.39 is 47.8 Å². The van der Waals surface area contributed by atoms with Crippen LogP contribution in [0.25, 0.3) is 0 Å². The third-order valence-electron chi connectivity index (χ3n) is 6.22. The Morgan fingerprint density at radius 1 is 1.05 bits per heavy atom. The van der Waals surface area contributed by atoms with Crippen molar-refractivity contribution in [3.63, 3.8) is 0 Å². The molecule has 3 rings (SSSR count). The first-order valence-electron chi connectivity index (χ1n) is 12.7. The van der Waals surface area contributed by atoms with Crippen LogP contribution in [-0.4, -0.2) is 47.4 Å². The normalized spacial score (nSPS) is 14.7. The Bertz CT molecular complexity index is 1090. The second-order valence-corrected chi connectivity index (χ2v) is 9.26. The minimum Gasteiger partial charge on any atom is -0.370 e. The number of aldehydes is 1. The molecule has 1 aliphatic carbocycles. The lowest BCUT2D eigenvalue weighted by Crippen LogP contribution is -2.50. The lowest BCUT2D eigenvalue weighted by molar-refractivity contribution is -0.136. The number of primary amides is 1. The summed E-state index contributed by atoms with van der Waals surface area (Å²) in [5.74, 6) is -4.54. The number of rotatable bonds is 11. The quantitative estimate of drug-likeness (QED) is 0.233. The zero-order valence-electron chi connectivity index (χ0n) is 21.5. The predicted molar refractivity (Wildman–Crippen MR) is 139 cm³/mol. The Hall–Kier alpha value is -3.95. The van der Waals surface area contributed by atoms with Crippen molar-refractivity contribution in [1.82, 2.24) is 15.6 Å². The van der Waals surface area contributed by atoms with Gasteiger partial charge < -0.3 is 21.2 Å². The van der Waals surface area contributed by atoms with Gasteiger partial charge in [-0.05, 0) is 37.8 Å². The number of hydrogen-bond acceptors (Lipinski definition) is 6. The number of aromatic nitrogens is 1. The Morgan fingerprint density at radius 2 is 1.74 bits per heavy atom. The number of nitrogens with zero attached hydrogens (tertiary/aromatic N) is 1. The largest absolute Gasteiger partial charge is 0.370 e. The van der Waals surface area contributed by atoms with Crippen LogP contribution in [0.5, 0.6) is 0 Å². The van der Waals surface area contributed by atoms with Gasteiger partial charge in [0.25, 0.3) is 5.91 Å². The van der Waals surface area contributed by atoms with E-state index in [9.17, 15) is 28.4 Å². The zero-order valence-corrected chi connectivity index (χ0v) is 21.5. The van der Waals surface area contributed by atoms with Gasteiger partial charge >= 0.3 is 0 Å². The summed E-state index contributed by atoms with van der Waals surface area (Å²) in [6.07, 6.45) is 4.15. The van der Waals surface area contributed by atoms with Crippen molar-refractivity contribution in [1.29, 1.82) is 0 Å². The molecule has 1 aromatic heterocycles. The number of nitrogens with two attached hydrogens (primary N) is 1. The lowest BCUT2D eigenvalue weighted by atomic mass is 9.79. The van der Waals surface area contributed by atoms with Gasteiger partial charge in [-0.1, -0.05) is 61.2 Å². The van der Waals surface area contributed by atoms with Gasteiger partial charge in [0.1, 0.15) is 12.0 Å². The number of amides is 3. The Labute approximate surface area is 221 Å². The standard InChI is InChI=1S/C21H27FN4O5.C7H8/c22-16-8-4-7-15(25-16)21(31)24-10-9-18(29)26-19(13-5-2-1-3-6-13)20(30)14(12-27)11-17(23)28;1-7-5-3-2-4-6-7/h4,7-8,12-14,19H,1-3,5-6,9-11H2,(H2,23,28)(H,24,31)(H,26,29);2-6H,1H3. The Morgan fingerprint density at radius 3 is 2.29 bits per heavy atom. The molecule has 10 heteroatoms. The fourth-order valence-corrected chi connectivity index (χ4v) is 4.25. The first-order valence-corrected chi connectivity index (χ1v) is 12.7. The van der Waals surface area contributed by atoms with E-state index in [1.165, 1.54) is 17.7 Å². The van der Waals surface area contributed by atoms with Crippen molar-refractivity contribution in [2.75, 3.05) is 6.54 Å². The fourth-order valence-electron chi connectivity index (χ4n) is 4.25. The molecule has 2 atom stereocenters. The molecule has 1 aromatic carbocycles. The number of hydrogen-bond donors (Lipinski definition) is 3. The van der Waals surface area contributed by atoms with Crippen LogP contribution in [-0.2, 0) is 19.2 Å². The molecule has 2 unspecified atom stereocenters. The van der Waals surface area contributed by atoms with Crippen LogP contribution < -0.4 is 16.4 Å². The number of pyridine rings is 1. The fraction of sp³-hybridized carbons (Fsp3) is 0.429. The summed E-state index contributed by atoms with van der Waals surface area (Å²) < 4.78 is 13.1. The van der Waals surface area contributed by atoms with E-state index in [1.54, 1.807) is 0 Å². The van der Waals surface area contributed by atoms with E-state index in [2.05, 4.69) is 34.7 Å². The number of Topliss-reactive ketones (excluding diaryl/α,β-unsaturated/α-hetero) is 1. The number of ketones is 1. The topological polar surface area (TPSA) is 148 Å². The molecule has 0 aliphatic heterocycles. The summed E-state index contributed by atoms with van der Waals surface area (Å²) in [5.41, 5.74) is 6.34. The van der Waals surface area contributed by atoms with E-state index in [1.807, 2.05) is 18.2 Å². The molecule has 0 saturated heterocycles. The first-order chi connectivity index (χ1) is 18.2. The van der Waals surface area contributed by atoms with Gasteiger partial charge in [0, 0.05) is 19.4 Å².